The zero-order chi connectivity index (χ0) is 44.0. The fourth-order valence-electron chi connectivity index (χ4n) is 11.5. The van der Waals surface area contributed by atoms with Gasteiger partial charge < -0.3 is 20.9 Å². The fourth-order valence-corrected chi connectivity index (χ4v) is 11.9. The second-order valence-corrected chi connectivity index (χ2v) is 18.8. The van der Waals surface area contributed by atoms with E-state index in [0.717, 1.165) is 41.6 Å². The molecule has 14 heteroatoms. The van der Waals surface area contributed by atoms with E-state index >= 15 is 4.39 Å². The first kappa shape index (κ1) is 43.1. The lowest BCUT2D eigenvalue weighted by molar-refractivity contribution is -0.136. The van der Waals surface area contributed by atoms with Crippen molar-refractivity contribution in [3.05, 3.63) is 105 Å². The molecule has 1 unspecified atom stereocenters. The first-order chi connectivity index (χ1) is 30.4. The van der Waals surface area contributed by atoms with E-state index in [1.54, 1.807) is 24.3 Å². The van der Waals surface area contributed by atoms with Crippen LogP contribution in [0.3, 0.4) is 0 Å². The van der Waals surface area contributed by atoms with Gasteiger partial charge in [-0.15, -0.1) is 0 Å². The van der Waals surface area contributed by atoms with Crippen molar-refractivity contribution in [2.45, 2.75) is 125 Å². The number of hydrogen-bond acceptors (Lipinski definition) is 7. The van der Waals surface area contributed by atoms with Gasteiger partial charge in [0.2, 0.25) is 29.5 Å². The molecule has 0 radical (unpaired) electrons. The van der Waals surface area contributed by atoms with Crippen LogP contribution in [0.15, 0.2) is 61.2 Å². The summed E-state index contributed by atoms with van der Waals surface area (Å²) in [5.74, 6) is 3.65. The van der Waals surface area contributed by atoms with Gasteiger partial charge in [0.25, 0.3) is 0 Å². The topological polar surface area (TPSA) is 149 Å². The summed E-state index contributed by atoms with van der Waals surface area (Å²) in [7, 11) is 0. The van der Waals surface area contributed by atoms with Gasteiger partial charge in [0.05, 0.1) is 11.1 Å². The second kappa shape index (κ2) is 17.4. The van der Waals surface area contributed by atoms with Crippen LogP contribution < -0.4 is 26.6 Å². The molecule has 3 aromatic rings. The Morgan fingerprint density at radius 3 is 2.49 bits per heavy atom. The smallest absolute Gasteiger partial charge is 0.249 e. The number of anilines is 1. The van der Waals surface area contributed by atoms with Gasteiger partial charge in [0, 0.05) is 76.9 Å². The number of nitrogens with one attached hydrogen (secondary N) is 5. The average Bonchev–Trinajstić information content (AvgIpc) is 3.87. The first-order valence-electron chi connectivity index (χ1n) is 22.2. The van der Waals surface area contributed by atoms with Crippen molar-refractivity contribution in [3.63, 3.8) is 0 Å². The average molecular weight is 894 g/mol. The van der Waals surface area contributed by atoms with Crippen LogP contribution in [0, 0.1) is 23.6 Å². The minimum atomic E-state index is -1.30. The third kappa shape index (κ3) is 7.60. The van der Waals surface area contributed by atoms with Crippen LogP contribution >= 0.6 is 23.2 Å². The van der Waals surface area contributed by atoms with E-state index in [1.807, 2.05) is 29.2 Å². The first-order valence-corrected chi connectivity index (χ1v) is 23.0. The lowest BCUT2D eigenvalue weighted by Gasteiger charge is -2.47. The third-order valence-electron chi connectivity index (χ3n) is 14.5. The molecular weight excluding hydrogens is 842 g/mol. The number of carbonyl (C=O) groups excluding carboxylic acids is 5. The molecule has 2 saturated carbocycles. The minimum absolute atomic E-state index is 0.0122. The van der Waals surface area contributed by atoms with Crippen LogP contribution in [0.25, 0.3) is 5.70 Å². The Hall–Kier alpha value is -5.22. The molecule has 0 bridgehead atoms. The third-order valence-corrected chi connectivity index (χ3v) is 15.0. The number of benzene rings is 3. The molecule has 4 fully saturated rings. The van der Waals surface area contributed by atoms with E-state index in [4.69, 9.17) is 23.2 Å². The summed E-state index contributed by atoms with van der Waals surface area (Å²) in [5.41, 5.74) is 2.97. The maximum atomic E-state index is 16.3. The molecule has 4 heterocycles. The second-order valence-electron chi connectivity index (χ2n) is 18.0. The van der Waals surface area contributed by atoms with E-state index in [2.05, 4.69) is 45.0 Å². The van der Waals surface area contributed by atoms with Gasteiger partial charge in [-0.25, -0.2) is 4.39 Å². The molecule has 3 aromatic carbocycles. The fraction of sp³-hybridized carbons (Fsp3) is 0.449. The van der Waals surface area contributed by atoms with Crippen molar-refractivity contribution in [1.29, 1.82) is 0 Å². The number of unbranched alkanes of at least 4 members (excludes halogenated alkanes) is 1. The van der Waals surface area contributed by atoms with Crippen LogP contribution in [0.1, 0.15) is 117 Å². The number of imide groups is 1. The number of nitrogens with zero attached hydrogens (tertiary/aromatic N) is 1. The quantitative estimate of drug-likeness (QED) is 0.0930. The van der Waals surface area contributed by atoms with Crippen molar-refractivity contribution >= 4 is 64.1 Å². The monoisotopic (exact) mass is 892 g/mol. The van der Waals surface area contributed by atoms with Gasteiger partial charge in [-0.3, -0.25) is 34.6 Å². The highest BCUT2D eigenvalue weighted by Gasteiger charge is 2.72. The number of hydrogen-bond donors (Lipinski definition) is 5. The van der Waals surface area contributed by atoms with E-state index in [-0.39, 0.29) is 52.1 Å². The summed E-state index contributed by atoms with van der Waals surface area (Å²) in [5, 5.41) is 15.9. The number of fused-ring (bicyclic) bond motifs is 4. The normalized spacial score (nSPS) is 27.0. The summed E-state index contributed by atoms with van der Waals surface area (Å²) in [4.78, 5) is 68.8. The zero-order valence-corrected chi connectivity index (χ0v) is 36.5. The Balaban J connectivity index is 0.815. The predicted octanol–water partition coefficient (Wildman–Crippen LogP) is 7.00. The molecule has 4 atom stereocenters. The van der Waals surface area contributed by atoms with Gasteiger partial charge in [0.1, 0.15) is 17.3 Å². The highest BCUT2D eigenvalue weighted by molar-refractivity contribution is 6.31. The molecule has 11 nitrogen and oxygen atoms in total. The van der Waals surface area contributed by atoms with Gasteiger partial charge in [-0.1, -0.05) is 91.2 Å². The molecule has 5 amide bonds. The Morgan fingerprint density at radius 2 is 1.71 bits per heavy atom. The van der Waals surface area contributed by atoms with Crippen LogP contribution in [0.4, 0.5) is 10.1 Å². The number of piperidine rings is 1. The molecule has 0 aromatic heterocycles. The lowest BCUT2D eigenvalue weighted by Crippen LogP contribution is -2.60. The van der Waals surface area contributed by atoms with Crippen molar-refractivity contribution in [1.82, 2.24) is 26.2 Å². The minimum Gasteiger partial charge on any atom is -0.356 e. The summed E-state index contributed by atoms with van der Waals surface area (Å²) in [6, 6.07) is 14.4. The summed E-state index contributed by atoms with van der Waals surface area (Å²) in [6.45, 7) is 5.22. The number of carbonyl (C=O) groups is 5. The SMILES string of the molecule is C=C1c2cccc(C#CCCCNC(=O)C3CCC(NC(=O)[C@@H]4NC5(CCCCC5)[C@@]5(C(=O)Nc6cc(Cl)ccc65)[C@H]4c4cccc(Cl)c4F)CC3)c2CN1C1CCC(=O)NC1=O. The van der Waals surface area contributed by atoms with Crippen LogP contribution in [-0.4, -0.2) is 64.6 Å². The van der Waals surface area contributed by atoms with Crippen molar-refractivity contribution in [2.75, 3.05) is 11.9 Å². The van der Waals surface area contributed by atoms with Gasteiger partial charge in [-0.2, -0.15) is 0 Å². The largest absolute Gasteiger partial charge is 0.356 e. The van der Waals surface area contributed by atoms with E-state index in [0.29, 0.717) is 93.6 Å². The number of amides is 5. The number of rotatable bonds is 8. The number of halogens is 3. The summed E-state index contributed by atoms with van der Waals surface area (Å²) >= 11 is 12.8. The van der Waals surface area contributed by atoms with Gasteiger partial charge in [-0.05, 0) is 92.3 Å². The van der Waals surface area contributed by atoms with E-state index in [9.17, 15) is 24.0 Å². The lowest BCUT2D eigenvalue weighted by atomic mass is 9.55. The van der Waals surface area contributed by atoms with Crippen molar-refractivity contribution in [2.24, 2.45) is 5.92 Å². The van der Waals surface area contributed by atoms with Crippen molar-refractivity contribution in [3.8, 4) is 11.8 Å². The van der Waals surface area contributed by atoms with Gasteiger partial charge >= 0.3 is 0 Å². The van der Waals surface area contributed by atoms with Gasteiger partial charge in [0.15, 0.2) is 0 Å². The van der Waals surface area contributed by atoms with Crippen LogP contribution in [0.5, 0.6) is 0 Å². The highest BCUT2D eigenvalue weighted by Crippen LogP contribution is 2.63. The Labute approximate surface area is 376 Å². The summed E-state index contributed by atoms with van der Waals surface area (Å²) < 4.78 is 16.3. The maximum absolute atomic E-state index is 16.3. The molecule has 4 aliphatic heterocycles. The molecule has 6 aliphatic rings. The standard InChI is InChI=1S/C49H51Cl2FN6O5/c1-28-33-12-8-11-29(35(33)27-58(28)39-21-22-40(59)56-45(39)61)10-4-2-7-25-53-44(60)30-15-18-32(19-16-30)54-46(62)43-41(34-13-9-14-37(51)42(34)52)49(48(57-43)23-5-3-6-24-48)36-20-17-31(50)26-38(36)55-47(49)63/h8-9,11-14,17,20,26,30,32,39,41,43,57H,1-3,5-7,15-16,18-19,21-25,27H2,(H,53,60)(H,54,62)(H,55,63)(H,56,59,61)/t30?,32?,39?,41-,43+,49+/m0/s1. The van der Waals surface area contributed by atoms with Crippen LogP contribution in [-0.2, 0) is 35.9 Å². The van der Waals surface area contributed by atoms with Crippen LogP contribution in [0.2, 0.25) is 10.0 Å². The molecule has 9 rings (SSSR count). The zero-order valence-electron chi connectivity index (χ0n) is 35.0. The van der Waals surface area contributed by atoms with Crippen molar-refractivity contribution < 1.29 is 28.4 Å². The molecule has 2 aliphatic carbocycles. The molecule has 63 heavy (non-hydrogen) atoms. The van der Waals surface area contributed by atoms with E-state index in [1.165, 1.54) is 6.07 Å². The Morgan fingerprint density at radius 1 is 0.937 bits per heavy atom. The highest BCUT2D eigenvalue weighted by atomic mass is 35.5. The molecular formula is C49H51Cl2FN6O5. The Bertz CT molecular complexity index is 2470. The predicted molar refractivity (Wildman–Crippen MR) is 239 cm³/mol. The molecule has 328 valence electrons. The molecule has 5 N–H and O–H groups in total. The van der Waals surface area contributed by atoms with E-state index < -0.39 is 34.8 Å². The molecule has 2 spiro atoms. The molecule has 2 saturated heterocycles. The maximum Gasteiger partial charge on any atom is 0.249 e. The Kier molecular flexibility index (Phi) is 11.9. The summed E-state index contributed by atoms with van der Waals surface area (Å²) in [6.07, 6.45) is 8.39.